The first kappa shape index (κ1) is 12.1. The SMILES string of the molecule is CC1(C)COC(c2ccc(Br)c(CBr)c2)=N1. The number of aliphatic imine (C=N–C) groups is 1. The molecule has 16 heavy (non-hydrogen) atoms. The maximum Gasteiger partial charge on any atom is 0.216 e. The predicted molar refractivity (Wildman–Crippen MR) is 73.3 cm³/mol. The van der Waals surface area contributed by atoms with E-state index in [0.717, 1.165) is 21.3 Å². The standard InChI is InChI=1S/C12H13Br2NO/c1-12(2)7-16-11(15-12)8-3-4-10(14)9(5-8)6-13/h3-5H,6-7H2,1-2H3. The summed E-state index contributed by atoms with van der Waals surface area (Å²) in [6, 6.07) is 6.15. The quantitative estimate of drug-likeness (QED) is 0.744. The van der Waals surface area contributed by atoms with Gasteiger partial charge in [0.2, 0.25) is 5.90 Å². The van der Waals surface area contributed by atoms with Crippen LogP contribution < -0.4 is 0 Å². The van der Waals surface area contributed by atoms with Gasteiger partial charge in [-0.25, -0.2) is 4.99 Å². The van der Waals surface area contributed by atoms with E-state index >= 15 is 0 Å². The van der Waals surface area contributed by atoms with Crippen molar-refractivity contribution < 1.29 is 4.74 Å². The number of hydrogen-bond donors (Lipinski definition) is 0. The predicted octanol–water partition coefficient (Wildman–Crippen LogP) is 3.90. The minimum Gasteiger partial charge on any atom is -0.475 e. The lowest BCUT2D eigenvalue weighted by molar-refractivity contribution is 0.279. The van der Waals surface area contributed by atoms with Crippen molar-refractivity contribution in [3.63, 3.8) is 0 Å². The fourth-order valence-corrected chi connectivity index (χ4v) is 2.77. The van der Waals surface area contributed by atoms with Crippen LogP contribution >= 0.6 is 31.9 Å². The van der Waals surface area contributed by atoms with Crippen molar-refractivity contribution in [1.82, 2.24) is 0 Å². The zero-order chi connectivity index (χ0) is 11.8. The van der Waals surface area contributed by atoms with Crippen molar-refractivity contribution in [3.8, 4) is 0 Å². The second-order valence-electron chi connectivity index (χ2n) is 4.46. The van der Waals surface area contributed by atoms with E-state index in [1.165, 1.54) is 5.56 Å². The Bertz CT molecular complexity index is 441. The third-order valence-corrected chi connectivity index (χ3v) is 3.78. The lowest BCUT2D eigenvalue weighted by Crippen LogP contribution is -2.17. The molecule has 0 amide bonds. The second-order valence-corrected chi connectivity index (χ2v) is 5.87. The van der Waals surface area contributed by atoms with Crippen LogP contribution in [0.3, 0.4) is 0 Å². The summed E-state index contributed by atoms with van der Waals surface area (Å²) in [5.41, 5.74) is 2.15. The highest BCUT2D eigenvalue weighted by Crippen LogP contribution is 2.25. The minimum absolute atomic E-state index is 0.100. The highest BCUT2D eigenvalue weighted by Gasteiger charge is 2.27. The molecule has 0 spiro atoms. The van der Waals surface area contributed by atoms with Crippen LogP contribution in [-0.4, -0.2) is 18.0 Å². The molecule has 2 rings (SSSR count). The van der Waals surface area contributed by atoms with Crippen molar-refractivity contribution >= 4 is 37.8 Å². The molecular weight excluding hydrogens is 334 g/mol. The average Bonchev–Trinajstić information content (AvgIpc) is 2.59. The van der Waals surface area contributed by atoms with Crippen LogP contribution in [0.15, 0.2) is 27.7 Å². The molecule has 1 aliphatic heterocycles. The van der Waals surface area contributed by atoms with Gasteiger partial charge < -0.3 is 4.74 Å². The van der Waals surface area contributed by atoms with E-state index < -0.39 is 0 Å². The van der Waals surface area contributed by atoms with Gasteiger partial charge in [0.25, 0.3) is 0 Å². The molecule has 0 bridgehead atoms. The van der Waals surface area contributed by atoms with Crippen LogP contribution in [0.4, 0.5) is 0 Å². The van der Waals surface area contributed by atoms with Crippen LogP contribution in [0, 0.1) is 0 Å². The maximum atomic E-state index is 5.61. The molecule has 0 N–H and O–H groups in total. The molecule has 0 saturated carbocycles. The molecule has 1 heterocycles. The molecule has 0 aliphatic carbocycles. The highest BCUT2D eigenvalue weighted by atomic mass is 79.9. The van der Waals surface area contributed by atoms with Gasteiger partial charge in [0.05, 0.1) is 5.54 Å². The summed E-state index contributed by atoms with van der Waals surface area (Å²) < 4.78 is 6.72. The molecule has 0 atom stereocenters. The number of hydrogen-bond acceptors (Lipinski definition) is 2. The number of nitrogens with zero attached hydrogens (tertiary/aromatic N) is 1. The van der Waals surface area contributed by atoms with E-state index in [2.05, 4.69) is 56.8 Å². The van der Waals surface area contributed by atoms with E-state index in [1.54, 1.807) is 0 Å². The maximum absolute atomic E-state index is 5.61. The molecule has 0 unspecified atom stereocenters. The zero-order valence-corrected chi connectivity index (χ0v) is 12.4. The van der Waals surface area contributed by atoms with Crippen LogP contribution in [-0.2, 0) is 10.1 Å². The zero-order valence-electron chi connectivity index (χ0n) is 9.26. The number of ether oxygens (including phenoxy) is 1. The Hall–Kier alpha value is -0.350. The Labute approximate surface area is 112 Å². The average molecular weight is 347 g/mol. The van der Waals surface area contributed by atoms with E-state index in [-0.39, 0.29) is 5.54 Å². The van der Waals surface area contributed by atoms with Gasteiger partial charge in [-0.2, -0.15) is 0 Å². The Morgan fingerprint density at radius 1 is 1.44 bits per heavy atom. The van der Waals surface area contributed by atoms with Crippen LogP contribution in [0.2, 0.25) is 0 Å². The Morgan fingerprint density at radius 2 is 2.19 bits per heavy atom. The lowest BCUT2D eigenvalue weighted by atomic mass is 10.1. The number of benzene rings is 1. The Balaban J connectivity index is 2.35. The third-order valence-electron chi connectivity index (χ3n) is 2.40. The molecule has 2 nitrogen and oxygen atoms in total. The summed E-state index contributed by atoms with van der Waals surface area (Å²) in [7, 11) is 0. The van der Waals surface area contributed by atoms with Crippen molar-refractivity contribution in [2.45, 2.75) is 24.7 Å². The molecule has 0 aromatic heterocycles. The van der Waals surface area contributed by atoms with Gasteiger partial charge >= 0.3 is 0 Å². The molecule has 4 heteroatoms. The fraction of sp³-hybridized carbons (Fsp3) is 0.417. The summed E-state index contributed by atoms with van der Waals surface area (Å²) in [6.07, 6.45) is 0. The summed E-state index contributed by atoms with van der Waals surface area (Å²) >= 11 is 6.97. The van der Waals surface area contributed by atoms with Crippen molar-refractivity contribution in [1.29, 1.82) is 0 Å². The van der Waals surface area contributed by atoms with E-state index in [1.807, 2.05) is 12.1 Å². The molecule has 0 radical (unpaired) electrons. The molecule has 0 fully saturated rings. The van der Waals surface area contributed by atoms with Gasteiger partial charge in [-0.3, -0.25) is 0 Å². The van der Waals surface area contributed by atoms with E-state index in [0.29, 0.717) is 6.61 Å². The Morgan fingerprint density at radius 3 is 2.75 bits per heavy atom. The first-order valence-electron chi connectivity index (χ1n) is 5.09. The smallest absolute Gasteiger partial charge is 0.216 e. The molecule has 1 aromatic carbocycles. The van der Waals surface area contributed by atoms with Crippen molar-refractivity contribution in [2.24, 2.45) is 4.99 Å². The lowest BCUT2D eigenvalue weighted by Gasteiger charge is -2.07. The normalized spacial score (nSPS) is 18.1. The summed E-state index contributed by atoms with van der Waals surface area (Å²) in [4.78, 5) is 4.56. The van der Waals surface area contributed by atoms with E-state index in [4.69, 9.17) is 4.74 Å². The second kappa shape index (κ2) is 4.49. The molecular formula is C12H13Br2NO. The van der Waals surface area contributed by atoms with Crippen molar-refractivity contribution in [2.75, 3.05) is 6.61 Å². The first-order valence-corrected chi connectivity index (χ1v) is 7.01. The van der Waals surface area contributed by atoms with Gasteiger partial charge in [0.1, 0.15) is 6.61 Å². The fourth-order valence-electron chi connectivity index (χ4n) is 1.54. The van der Waals surface area contributed by atoms with Crippen LogP contribution in [0.25, 0.3) is 0 Å². The summed E-state index contributed by atoms with van der Waals surface area (Å²) in [6.45, 7) is 4.80. The number of rotatable bonds is 2. The van der Waals surface area contributed by atoms with Gasteiger partial charge in [-0.15, -0.1) is 0 Å². The van der Waals surface area contributed by atoms with Crippen LogP contribution in [0.1, 0.15) is 25.0 Å². The first-order chi connectivity index (χ1) is 7.52. The molecule has 0 saturated heterocycles. The minimum atomic E-state index is -0.100. The largest absolute Gasteiger partial charge is 0.475 e. The van der Waals surface area contributed by atoms with Crippen molar-refractivity contribution in [3.05, 3.63) is 33.8 Å². The Kier molecular flexibility index (Phi) is 3.40. The number of halogens is 2. The summed E-state index contributed by atoms with van der Waals surface area (Å²) in [5, 5.41) is 0.818. The number of alkyl halides is 1. The molecule has 1 aromatic rings. The monoisotopic (exact) mass is 345 g/mol. The van der Waals surface area contributed by atoms with Gasteiger partial charge in [0.15, 0.2) is 0 Å². The molecule has 1 aliphatic rings. The topological polar surface area (TPSA) is 21.6 Å². The third kappa shape index (κ3) is 2.48. The summed E-state index contributed by atoms with van der Waals surface area (Å²) in [5.74, 6) is 0.750. The van der Waals surface area contributed by atoms with Gasteiger partial charge in [-0.1, -0.05) is 31.9 Å². The van der Waals surface area contributed by atoms with E-state index in [9.17, 15) is 0 Å². The van der Waals surface area contributed by atoms with Crippen LogP contribution in [0.5, 0.6) is 0 Å². The highest BCUT2D eigenvalue weighted by molar-refractivity contribution is 9.10. The van der Waals surface area contributed by atoms with Gasteiger partial charge in [0, 0.05) is 15.4 Å². The molecule has 86 valence electrons. The van der Waals surface area contributed by atoms with Gasteiger partial charge in [-0.05, 0) is 37.6 Å².